The van der Waals surface area contributed by atoms with Gasteiger partial charge in [-0.1, -0.05) is 6.42 Å². The van der Waals surface area contributed by atoms with Crippen molar-refractivity contribution in [1.82, 2.24) is 4.90 Å². The molecule has 6 atom stereocenters. The number of halogens is 2. The lowest BCUT2D eigenvalue weighted by Gasteiger charge is -2.56. The number of nitrogens with zero attached hydrogens (tertiary/aromatic N) is 1. The van der Waals surface area contributed by atoms with Gasteiger partial charge in [0.25, 0.3) is 0 Å². The summed E-state index contributed by atoms with van der Waals surface area (Å²) in [5, 5.41) is -4.72. The highest BCUT2D eigenvalue weighted by Gasteiger charge is 2.73. The topological polar surface area (TPSA) is 144 Å². The fourth-order valence-corrected chi connectivity index (χ4v) is 10.1. The van der Waals surface area contributed by atoms with E-state index in [0.717, 1.165) is 44.9 Å². The van der Waals surface area contributed by atoms with Crippen LogP contribution in [0.25, 0.3) is 0 Å². The van der Waals surface area contributed by atoms with E-state index in [1.54, 1.807) is 0 Å². The summed E-state index contributed by atoms with van der Waals surface area (Å²) in [6.07, 6.45) is 6.98. The number of likely N-dealkylation sites (tertiary alicyclic amines) is 1. The third-order valence-electron chi connectivity index (χ3n) is 11.3. The lowest BCUT2D eigenvalue weighted by Crippen LogP contribution is -2.58. The molecule has 0 aromatic carbocycles. The molecule has 1 aliphatic heterocycles. The Morgan fingerprint density at radius 1 is 0.975 bits per heavy atom. The molecule has 0 aromatic heterocycles. The lowest BCUT2D eigenvalue weighted by molar-refractivity contribution is -0.174. The highest BCUT2D eigenvalue weighted by molar-refractivity contribution is 7.86. The zero-order chi connectivity index (χ0) is 28.4. The van der Waals surface area contributed by atoms with E-state index in [4.69, 9.17) is 9.29 Å². The minimum absolute atomic E-state index is 0.258. The van der Waals surface area contributed by atoms with E-state index in [1.165, 1.54) is 4.90 Å². The van der Waals surface area contributed by atoms with Crippen LogP contribution in [0.4, 0.5) is 8.78 Å². The van der Waals surface area contributed by atoms with Crippen molar-refractivity contribution in [1.29, 1.82) is 0 Å². The molecule has 2 amide bonds. The van der Waals surface area contributed by atoms with Gasteiger partial charge in [-0.2, -0.15) is 17.2 Å². The van der Waals surface area contributed by atoms with Crippen molar-refractivity contribution in [2.45, 2.75) is 81.6 Å². The number of carbonyl (C=O) groups is 4. The fourth-order valence-electron chi connectivity index (χ4n) is 9.85. The third kappa shape index (κ3) is 3.74. The van der Waals surface area contributed by atoms with Crippen LogP contribution in [0.3, 0.4) is 0 Å². The third-order valence-corrected chi connectivity index (χ3v) is 12.2. The van der Waals surface area contributed by atoms with E-state index in [-0.39, 0.29) is 18.2 Å². The predicted octanol–water partition coefficient (Wildman–Crippen LogP) is 2.56. The molecule has 8 rings (SSSR count). The van der Waals surface area contributed by atoms with Crippen LogP contribution >= 0.6 is 0 Å². The van der Waals surface area contributed by atoms with Crippen LogP contribution in [0.15, 0.2) is 0 Å². The Hall–Kier alpha value is -2.15. The van der Waals surface area contributed by atoms with Crippen LogP contribution in [0.1, 0.15) is 64.2 Å². The summed E-state index contributed by atoms with van der Waals surface area (Å²) >= 11 is 0. The summed E-state index contributed by atoms with van der Waals surface area (Å²) in [6.45, 7) is -1.91. The summed E-state index contributed by atoms with van der Waals surface area (Å²) in [5.41, 5.74) is -0.650. The first-order valence-electron chi connectivity index (χ1n) is 14.4. The van der Waals surface area contributed by atoms with Gasteiger partial charge < -0.3 is 9.47 Å². The first-order valence-corrected chi connectivity index (χ1v) is 15.8. The highest BCUT2D eigenvalue weighted by atomic mass is 32.2. The summed E-state index contributed by atoms with van der Waals surface area (Å²) in [7, 11) is -5.83. The molecule has 40 heavy (non-hydrogen) atoms. The smallest absolute Gasteiger partial charge is 0.402 e. The van der Waals surface area contributed by atoms with E-state index >= 15 is 0 Å². The maximum absolute atomic E-state index is 14.3. The SMILES string of the molecule is O=C(OC1C2CC3C(C(=O)N(C(=O)C45CC6CC(CC(C6)C4)C5)C31)C2C(=O)OCC(F)(F)S(=O)(=O)O)C1CCC1. The molecule has 6 unspecified atom stereocenters. The number of esters is 2. The van der Waals surface area contributed by atoms with E-state index < -0.39 is 81.1 Å². The van der Waals surface area contributed by atoms with Crippen LogP contribution < -0.4 is 0 Å². The van der Waals surface area contributed by atoms with Gasteiger partial charge in [-0.15, -0.1) is 0 Å². The van der Waals surface area contributed by atoms with Crippen LogP contribution in [0.2, 0.25) is 0 Å². The van der Waals surface area contributed by atoms with Gasteiger partial charge in [0.2, 0.25) is 11.8 Å². The number of rotatable bonds is 7. The Bertz CT molecular complexity index is 1250. The maximum atomic E-state index is 14.3. The molecule has 6 bridgehead atoms. The summed E-state index contributed by atoms with van der Waals surface area (Å²) in [6, 6.07) is -0.713. The Balaban J connectivity index is 1.19. The second-order valence-electron chi connectivity index (χ2n) is 13.6. The molecule has 7 aliphatic carbocycles. The molecular weight excluding hydrogens is 552 g/mol. The largest absolute Gasteiger partial charge is 0.460 e. The fraction of sp³-hybridized carbons (Fsp3) is 0.852. The maximum Gasteiger partial charge on any atom is 0.402 e. The van der Waals surface area contributed by atoms with Gasteiger partial charge in [0.15, 0.2) is 6.61 Å². The first kappa shape index (κ1) is 26.7. The number of ether oxygens (including phenoxy) is 2. The first-order chi connectivity index (χ1) is 18.8. The molecule has 1 N–H and O–H groups in total. The molecule has 220 valence electrons. The molecule has 1 heterocycles. The Morgan fingerprint density at radius 3 is 2.10 bits per heavy atom. The average molecular weight is 586 g/mol. The van der Waals surface area contributed by atoms with Crippen LogP contribution in [-0.4, -0.2) is 65.6 Å². The van der Waals surface area contributed by atoms with Gasteiger partial charge in [-0.25, -0.2) is 0 Å². The molecular formula is C27H33F2NO9S. The summed E-state index contributed by atoms with van der Waals surface area (Å²) < 4.78 is 69.1. The Morgan fingerprint density at radius 2 is 1.57 bits per heavy atom. The molecule has 7 saturated carbocycles. The van der Waals surface area contributed by atoms with Crippen LogP contribution in [0, 0.1) is 52.8 Å². The Kier molecular flexibility index (Phi) is 5.80. The molecule has 0 radical (unpaired) electrons. The predicted molar refractivity (Wildman–Crippen MR) is 129 cm³/mol. The number of carbonyl (C=O) groups excluding carboxylic acids is 4. The van der Waals surface area contributed by atoms with Gasteiger partial charge >= 0.3 is 27.3 Å². The number of hydrogen-bond donors (Lipinski definition) is 1. The molecule has 1 saturated heterocycles. The van der Waals surface area contributed by atoms with Crippen molar-refractivity contribution in [3.8, 4) is 0 Å². The van der Waals surface area contributed by atoms with Crippen molar-refractivity contribution < 1.29 is 50.4 Å². The van der Waals surface area contributed by atoms with Crippen molar-refractivity contribution in [3.63, 3.8) is 0 Å². The number of alkyl halides is 2. The van der Waals surface area contributed by atoms with Crippen molar-refractivity contribution in [2.75, 3.05) is 6.61 Å². The molecule has 0 spiro atoms. The van der Waals surface area contributed by atoms with Gasteiger partial charge in [-0.3, -0.25) is 28.6 Å². The zero-order valence-corrected chi connectivity index (χ0v) is 22.7. The standard InChI is InChI=1S/C27H33F2NO9S/c28-27(29,40(35,36)37)11-38-24(33)19-17-7-16-18(19)22(31)30(20(16)21(17)39-23(32)15-2-1-3-15)25(34)26-8-12-4-13(9-26)6-14(5-12)10-26/h12-21H,1-11H2,(H,35,36,37). The molecule has 0 aromatic rings. The van der Waals surface area contributed by atoms with Crippen LogP contribution in [0.5, 0.6) is 0 Å². The molecule has 13 heteroatoms. The van der Waals surface area contributed by atoms with Crippen LogP contribution in [-0.2, 0) is 38.8 Å². The zero-order valence-electron chi connectivity index (χ0n) is 21.9. The summed E-state index contributed by atoms with van der Waals surface area (Å²) in [5.74, 6) is -4.94. The van der Waals surface area contributed by atoms with E-state index in [1.807, 2.05) is 0 Å². The molecule has 10 nitrogen and oxygen atoms in total. The highest BCUT2D eigenvalue weighted by Crippen LogP contribution is 2.64. The van der Waals surface area contributed by atoms with E-state index in [9.17, 15) is 36.4 Å². The number of hydrogen-bond acceptors (Lipinski definition) is 8. The second-order valence-corrected chi connectivity index (χ2v) is 15.1. The van der Waals surface area contributed by atoms with Gasteiger partial charge in [0.1, 0.15) is 6.10 Å². The summed E-state index contributed by atoms with van der Waals surface area (Å²) in [4.78, 5) is 55.6. The van der Waals surface area contributed by atoms with Gasteiger partial charge in [0.05, 0.1) is 29.2 Å². The van der Waals surface area contributed by atoms with E-state index in [2.05, 4.69) is 4.74 Å². The van der Waals surface area contributed by atoms with Crippen molar-refractivity contribution >= 4 is 33.9 Å². The second kappa shape index (κ2) is 8.68. The minimum Gasteiger partial charge on any atom is -0.460 e. The minimum atomic E-state index is -5.83. The number of fused-ring (bicyclic) bond motifs is 1. The van der Waals surface area contributed by atoms with Crippen molar-refractivity contribution in [2.24, 2.45) is 52.8 Å². The molecule has 8 fully saturated rings. The van der Waals surface area contributed by atoms with E-state index in [0.29, 0.717) is 30.6 Å². The quantitative estimate of drug-likeness (QED) is 0.271. The number of amides is 2. The number of imide groups is 1. The Labute approximate surface area is 230 Å². The van der Waals surface area contributed by atoms with Gasteiger partial charge in [-0.05, 0) is 81.5 Å². The monoisotopic (exact) mass is 585 g/mol. The molecule has 8 aliphatic rings. The normalized spacial score (nSPS) is 43.2. The van der Waals surface area contributed by atoms with Crippen molar-refractivity contribution in [3.05, 3.63) is 0 Å². The average Bonchev–Trinajstić information content (AvgIpc) is 3.42. The van der Waals surface area contributed by atoms with Gasteiger partial charge in [0, 0.05) is 5.92 Å². The lowest BCUT2D eigenvalue weighted by atomic mass is 9.49.